The van der Waals surface area contributed by atoms with Crippen LogP contribution in [0.15, 0.2) is 46.9 Å². The average Bonchev–Trinajstić information content (AvgIpc) is 3.04. The van der Waals surface area contributed by atoms with Crippen LogP contribution in [-0.4, -0.2) is 12.0 Å². The first-order chi connectivity index (χ1) is 11.5. The minimum absolute atomic E-state index is 0.0284. The molecule has 24 heavy (non-hydrogen) atoms. The summed E-state index contributed by atoms with van der Waals surface area (Å²) in [5.74, 6) is 0.581. The number of aryl methyl sites for hydroxylation is 2. The molecule has 0 spiro atoms. The van der Waals surface area contributed by atoms with Crippen LogP contribution in [0.1, 0.15) is 43.0 Å². The molecule has 2 aromatic rings. The Bertz CT molecular complexity index is 727. The number of nitrogens with one attached hydrogen (secondary N) is 1. The van der Waals surface area contributed by atoms with Crippen molar-refractivity contribution in [2.75, 3.05) is 0 Å². The fourth-order valence-corrected chi connectivity index (χ4v) is 3.31. The van der Waals surface area contributed by atoms with Crippen molar-refractivity contribution < 1.29 is 9.53 Å². The van der Waals surface area contributed by atoms with E-state index in [0.717, 1.165) is 16.5 Å². The van der Waals surface area contributed by atoms with E-state index < -0.39 is 6.10 Å². The molecule has 2 aromatic carbocycles. The van der Waals surface area contributed by atoms with Gasteiger partial charge in [0.05, 0.1) is 6.04 Å². The van der Waals surface area contributed by atoms with Crippen molar-refractivity contribution in [2.24, 2.45) is 0 Å². The van der Waals surface area contributed by atoms with Crippen LogP contribution >= 0.6 is 15.9 Å². The molecule has 0 aromatic heterocycles. The highest BCUT2D eigenvalue weighted by molar-refractivity contribution is 9.10. The van der Waals surface area contributed by atoms with Gasteiger partial charge in [0.1, 0.15) is 5.75 Å². The highest BCUT2D eigenvalue weighted by Gasteiger charge is 2.19. The van der Waals surface area contributed by atoms with Gasteiger partial charge in [-0.15, -0.1) is 0 Å². The second-order valence-corrected chi connectivity index (χ2v) is 7.24. The van der Waals surface area contributed by atoms with Crippen LogP contribution in [0.3, 0.4) is 0 Å². The van der Waals surface area contributed by atoms with Gasteiger partial charge in [-0.3, -0.25) is 4.79 Å². The zero-order valence-corrected chi connectivity index (χ0v) is 15.6. The van der Waals surface area contributed by atoms with Crippen LogP contribution in [-0.2, 0) is 17.6 Å². The highest BCUT2D eigenvalue weighted by Crippen LogP contribution is 2.25. The minimum Gasteiger partial charge on any atom is -0.481 e. The number of rotatable bonds is 5. The molecule has 0 aliphatic heterocycles. The summed E-state index contributed by atoms with van der Waals surface area (Å²) in [6, 6.07) is 14.0. The molecule has 4 heteroatoms. The normalized spacial score (nSPS) is 15.5. The van der Waals surface area contributed by atoms with Gasteiger partial charge in [0, 0.05) is 4.47 Å². The molecular weight excluding hydrogens is 366 g/mol. The van der Waals surface area contributed by atoms with E-state index in [0.29, 0.717) is 5.75 Å². The van der Waals surface area contributed by atoms with Gasteiger partial charge < -0.3 is 10.1 Å². The lowest BCUT2D eigenvalue weighted by molar-refractivity contribution is -0.127. The maximum absolute atomic E-state index is 12.4. The zero-order valence-electron chi connectivity index (χ0n) is 14.0. The summed E-state index contributed by atoms with van der Waals surface area (Å²) in [6.07, 6.45) is 3.02. The molecule has 126 valence electrons. The fourth-order valence-electron chi connectivity index (χ4n) is 3.05. The van der Waals surface area contributed by atoms with Crippen molar-refractivity contribution in [1.29, 1.82) is 0 Å². The summed E-state index contributed by atoms with van der Waals surface area (Å²) in [5.41, 5.74) is 4.02. The molecule has 2 atom stereocenters. The molecule has 1 aliphatic rings. The second kappa shape index (κ2) is 7.39. The number of fused-ring (bicyclic) bond motifs is 1. The third-order valence-corrected chi connectivity index (χ3v) is 5.01. The molecule has 0 heterocycles. The first kappa shape index (κ1) is 17.0. The molecule has 0 fully saturated rings. The maximum Gasteiger partial charge on any atom is 0.261 e. The van der Waals surface area contributed by atoms with Crippen molar-refractivity contribution in [1.82, 2.24) is 5.32 Å². The van der Waals surface area contributed by atoms with E-state index >= 15 is 0 Å². The smallest absolute Gasteiger partial charge is 0.261 e. The number of hydrogen-bond acceptors (Lipinski definition) is 2. The number of hydrogen-bond donors (Lipinski definition) is 1. The summed E-state index contributed by atoms with van der Waals surface area (Å²) in [4.78, 5) is 12.4. The van der Waals surface area contributed by atoms with Gasteiger partial charge in [-0.25, -0.2) is 0 Å². The first-order valence-electron chi connectivity index (χ1n) is 8.37. The van der Waals surface area contributed by atoms with Crippen LogP contribution in [0.4, 0.5) is 0 Å². The van der Waals surface area contributed by atoms with E-state index in [-0.39, 0.29) is 11.9 Å². The zero-order chi connectivity index (χ0) is 17.1. The van der Waals surface area contributed by atoms with Crippen molar-refractivity contribution >= 4 is 21.8 Å². The van der Waals surface area contributed by atoms with Crippen molar-refractivity contribution in [3.05, 3.63) is 63.6 Å². The Balaban J connectivity index is 1.60. The maximum atomic E-state index is 12.4. The van der Waals surface area contributed by atoms with Crippen molar-refractivity contribution in [3.63, 3.8) is 0 Å². The summed E-state index contributed by atoms with van der Waals surface area (Å²) in [7, 11) is 0. The van der Waals surface area contributed by atoms with Gasteiger partial charge in [-0.1, -0.05) is 34.1 Å². The van der Waals surface area contributed by atoms with E-state index in [1.807, 2.05) is 31.2 Å². The molecule has 0 saturated heterocycles. The standard InChI is InChI=1S/C20H22BrNO2/c1-13(16-7-6-15-4-3-5-17(15)12-16)22-20(23)14(2)24-19-10-8-18(21)9-11-19/h6-14H,3-5H2,1-2H3,(H,22,23)/t13-,14+/m1/s1. The Hall–Kier alpha value is -1.81. The Morgan fingerprint density at radius 1 is 1.08 bits per heavy atom. The van der Waals surface area contributed by atoms with Gasteiger partial charge in [0.2, 0.25) is 0 Å². The number of benzene rings is 2. The quantitative estimate of drug-likeness (QED) is 0.814. The van der Waals surface area contributed by atoms with E-state index in [1.165, 1.54) is 24.0 Å². The van der Waals surface area contributed by atoms with Gasteiger partial charge in [-0.2, -0.15) is 0 Å². The van der Waals surface area contributed by atoms with Crippen molar-refractivity contribution in [3.8, 4) is 5.75 Å². The van der Waals surface area contributed by atoms with Gasteiger partial charge in [-0.05, 0) is 74.1 Å². The number of carbonyl (C=O) groups is 1. The third-order valence-electron chi connectivity index (χ3n) is 4.48. The van der Waals surface area contributed by atoms with Crippen LogP contribution in [0.25, 0.3) is 0 Å². The van der Waals surface area contributed by atoms with E-state index in [1.54, 1.807) is 6.92 Å². The molecule has 0 saturated carbocycles. The van der Waals surface area contributed by atoms with Crippen LogP contribution in [0.2, 0.25) is 0 Å². The van der Waals surface area contributed by atoms with Gasteiger partial charge in [0.25, 0.3) is 5.91 Å². The molecule has 0 unspecified atom stereocenters. The Morgan fingerprint density at radius 2 is 1.79 bits per heavy atom. The van der Waals surface area contributed by atoms with Crippen LogP contribution in [0, 0.1) is 0 Å². The second-order valence-electron chi connectivity index (χ2n) is 6.33. The van der Waals surface area contributed by atoms with Crippen LogP contribution < -0.4 is 10.1 Å². The molecule has 1 N–H and O–H groups in total. The van der Waals surface area contributed by atoms with E-state index in [4.69, 9.17) is 4.74 Å². The Morgan fingerprint density at radius 3 is 2.54 bits per heavy atom. The molecule has 3 nitrogen and oxygen atoms in total. The number of halogens is 1. The molecule has 0 bridgehead atoms. The monoisotopic (exact) mass is 387 g/mol. The lowest BCUT2D eigenvalue weighted by Gasteiger charge is -2.19. The predicted molar refractivity (Wildman–Crippen MR) is 99.3 cm³/mol. The van der Waals surface area contributed by atoms with E-state index in [9.17, 15) is 4.79 Å². The number of amides is 1. The largest absolute Gasteiger partial charge is 0.481 e. The van der Waals surface area contributed by atoms with Gasteiger partial charge >= 0.3 is 0 Å². The molecule has 1 amide bonds. The van der Waals surface area contributed by atoms with E-state index in [2.05, 4.69) is 39.4 Å². The average molecular weight is 388 g/mol. The van der Waals surface area contributed by atoms with Gasteiger partial charge in [0.15, 0.2) is 6.10 Å². The molecular formula is C20H22BrNO2. The summed E-state index contributed by atoms with van der Waals surface area (Å²) >= 11 is 3.39. The molecule has 3 rings (SSSR count). The molecule has 0 radical (unpaired) electrons. The number of carbonyl (C=O) groups excluding carboxylic acids is 1. The topological polar surface area (TPSA) is 38.3 Å². The van der Waals surface area contributed by atoms with Crippen LogP contribution in [0.5, 0.6) is 5.75 Å². The SMILES string of the molecule is C[C@H](Oc1ccc(Br)cc1)C(=O)N[C@H](C)c1ccc2c(c1)CCC2. The Kier molecular flexibility index (Phi) is 5.24. The lowest BCUT2D eigenvalue weighted by atomic mass is 10.0. The summed E-state index contributed by atoms with van der Waals surface area (Å²) < 4.78 is 6.69. The molecule has 1 aliphatic carbocycles. The highest BCUT2D eigenvalue weighted by atomic mass is 79.9. The summed E-state index contributed by atoms with van der Waals surface area (Å²) in [5, 5.41) is 3.05. The summed E-state index contributed by atoms with van der Waals surface area (Å²) in [6.45, 7) is 3.79. The van der Waals surface area contributed by atoms with Crippen molar-refractivity contribution in [2.45, 2.75) is 45.3 Å². The predicted octanol–water partition coefficient (Wildman–Crippen LogP) is 4.58. The number of ether oxygens (including phenoxy) is 1. The lowest BCUT2D eigenvalue weighted by Crippen LogP contribution is -2.37. The third kappa shape index (κ3) is 3.99. The fraction of sp³-hybridized carbons (Fsp3) is 0.350. The first-order valence-corrected chi connectivity index (χ1v) is 9.16. The Labute approximate surface area is 151 Å². The minimum atomic E-state index is -0.539.